The first-order valence-corrected chi connectivity index (χ1v) is 10.2. The van der Waals surface area contributed by atoms with Gasteiger partial charge in [0.05, 0.1) is 30.5 Å². The van der Waals surface area contributed by atoms with Crippen molar-refractivity contribution >= 4 is 22.8 Å². The maximum absolute atomic E-state index is 12.9. The molecule has 2 aromatic heterocycles. The molecule has 1 aliphatic carbocycles. The van der Waals surface area contributed by atoms with E-state index < -0.39 is 5.97 Å². The van der Waals surface area contributed by atoms with Crippen LogP contribution in [0.5, 0.6) is 0 Å². The maximum Gasteiger partial charge on any atom is 0.338 e. The molecule has 3 aromatic rings. The highest BCUT2D eigenvalue weighted by molar-refractivity contribution is 5.89. The lowest BCUT2D eigenvalue weighted by Gasteiger charge is -2.32. The number of carboxylic acids is 1. The third-order valence-electron chi connectivity index (χ3n) is 6.25. The van der Waals surface area contributed by atoms with E-state index in [4.69, 9.17) is 9.52 Å². The Bertz CT molecular complexity index is 1090. The van der Waals surface area contributed by atoms with Gasteiger partial charge in [0.15, 0.2) is 0 Å². The van der Waals surface area contributed by atoms with Crippen LogP contribution in [0, 0.1) is 0 Å². The van der Waals surface area contributed by atoms with Crippen LogP contribution in [0.25, 0.3) is 11.0 Å². The Morgan fingerprint density at radius 3 is 2.66 bits per heavy atom. The number of rotatable bonds is 4. The Morgan fingerprint density at radius 2 is 1.93 bits per heavy atom. The van der Waals surface area contributed by atoms with Crippen molar-refractivity contribution in [3.63, 3.8) is 0 Å². The average molecular weight is 393 g/mol. The predicted octanol–water partition coefficient (Wildman–Crippen LogP) is 3.22. The van der Waals surface area contributed by atoms with E-state index in [1.165, 1.54) is 23.7 Å². The van der Waals surface area contributed by atoms with Gasteiger partial charge in [0.2, 0.25) is 5.91 Å². The molecule has 5 rings (SSSR count). The van der Waals surface area contributed by atoms with Crippen LogP contribution in [0.2, 0.25) is 0 Å². The molecule has 0 unspecified atom stereocenters. The number of amides is 1. The molecule has 0 spiro atoms. The number of aromatic carboxylic acids is 1. The van der Waals surface area contributed by atoms with Gasteiger partial charge in [-0.1, -0.05) is 0 Å². The van der Waals surface area contributed by atoms with Crippen molar-refractivity contribution in [3.8, 4) is 0 Å². The smallest absolute Gasteiger partial charge is 0.338 e. The molecule has 7 nitrogen and oxygen atoms in total. The fraction of sp³-hybridized carbons (Fsp3) is 0.409. The molecule has 0 atom stereocenters. The lowest BCUT2D eigenvalue weighted by Crippen LogP contribution is -2.39. The lowest BCUT2D eigenvalue weighted by atomic mass is 10.0. The quantitative estimate of drug-likeness (QED) is 0.735. The minimum absolute atomic E-state index is 0.110. The molecule has 1 aromatic carbocycles. The number of nitrogens with zero attached hydrogens (tertiary/aromatic N) is 3. The molecule has 0 bridgehead atoms. The van der Waals surface area contributed by atoms with Crippen molar-refractivity contribution in [2.24, 2.45) is 0 Å². The second kappa shape index (κ2) is 7.06. The second-order valence-corrected chi connectivity index (χ2v) is 8.03. The van der Waals surface area contributed by atoms with Gasteiger partial charge < -0.3 is 14.4 Å². The van der Waals surface area contributed by atoms with Crippen molar-refractivity contribution < 1.29 is 19.1 Å². The van der Waals surface area contributed by atoms with Gasteiger partial charge in [-0.15, -0.1) is 0 Å². The van der Waals surface area contributed by atoms with Crippen LogP contribution in [0.1, 0.15) is 52.4 Å². The zero-order valence-corrected chi connectivity index (χ0v) is 16.1. The van der Waals surface area contributed by atoms with Gasteiger partial charge in [-0.05, 0) is 55.4 Å². The maximum atomic E-state index is 12.9. The number of benzene rings is 1. The first kappa shape index (κ1) is 18.0. The Hall–Kier alpha value is -3.09. The summed E-state index contributed by atoms with van der Waals surface area (Å²) in [5.41, 5.74) is 4.78. The summed E-state index contributed by atoms with van der Waals surface area (Å²) in [5.74, 6) is -0.861. The summed E-state index contributed by atoms with van der Waals surface area (Å²) in [6, 6.07) is 4.46. The van der Waals surface area contributed by atoms with E-state index in [2.05, 4.69) is 17.2 Å². The minimum atomic E-state index is -0.971. The molecule has 0 saturated carbocycles. The number of piperidine rings is 1. The van der Waals surface area contributed by atoms with Crippen molar-refractivity contribution in [1.29, 1.82) is 0 Å². The first-order chi connectivity index (χ1) is 14.1. The van der Waals surface area contributed by atoms with Gasteiger partial charge in [-0.2, -0.15) is 5.10 Å². The number of hydrogen-bond donors (Lipinski definition) is 1. The summed E-state index contributed by atoms with van der Waals surface area (Å²) < 4.78 is 7.45. The fourth-order valence-corrected chi connectivity index (χ4v) is 4.59. The van der Waals surface area contributed by atoms with Gasteiger partial charge >= 0.3 is 5.97 Å². The van der Waals surface area contributed by atoms with Crippen molar-refractivity contribution in [3.05, 3.63) is 53.0 Å². The zero-order chi connectivity index (χ0) is 20.0. The number of fused-ring (bicyclic) bond motifs is 2. The molecule has 1 aliphatic heterocycles. The predicted molar refractivity (Wildman–Crippen MR) is 106 cm³/mol. The van der Waals surface area contributed by atoms with Crippen LogP contribution < -0.4 is 0 Å². The highest BCUT2D eigenvalue weighted by Gasteiger charge is 2.26. The normalized spacial score (nSPS) is 17.0. The third-order valence-corrected chi connectivity index (χ3v) is 6.25. The van der Waals surface area contributed by atoms with E-state index in [0.29, 0.717) is 19.5 Å². The van der Waals surface area contributed by atoms with Gasteiger partial charge in [-0.3, -0.25) is 9.48 Å². The third kappa shape index (κ3) is 3.30. The number of hydrogen-bond acceptors (Lipinski definition) is 4. The number of carbonyl (C=O) groups is 2. The molecule has 1 saturated heterocycles. The summed E-state index contributed by atoms with van der Waals surface area (Å²) in [5, 5.41) is 14.3. The van der Waals surface area contributed by atoms with Crippen molar-refractivity contribution in [1.82, 2.24) is 14.7 Å². The zero-order valence-electron chi connectivity index (χ0n) is 16.1. The minimum Gasteiger partial charge on any atom is -0.478 e. The van der Waals surface area contributed by atoms with Gasteiger partial charge in [-0.25, -0.2) is 4.79 Å². The monoisotopic (exact) mass is 393 g/mol. The van der Waals surface area contributed by atoms with E-state index in [0.717, 1.165) is 42.2 Å². The topological polar surface area (TPSA) is 88.6 Å². The van der Waals surface area contributed by atoms with Gasteiger partial charge in [0, 0.05) is 30.2 Å². The molecule has 2 aliphatic rings. The SMILES string of the molecule is O=C(O)c1cnn(C2CCN(C(=O)Cc3coc4cc5c(cc34)CCC5)CC2)c1. The summed E-state index contributed by atoms with van der Waals surface area (Å²) in [6.45, 7) is 1.30. The molecule has 1 N–H and O–H groups in total. The Kier molecular flexibility index (Phi) is 4.38. The number of aromatic nitrogens is 2. The number of likely N-dealkylation sites (tertiary alicyclic amines) is 1. The number of furan rings is 1. The van der Waals surface area contributed by atoms with Gasteiger partial charge in [0.1, 0.15) is 5.58 Å². The van der Waals surface area contributed by atoms with Crippen molar-refractivity contribution in [2.45, 2.75) is 44.6 Å². The average Bonchev–Trinajstić information content (AvgIpc) is 3.46. The highest BCUT2D eigenvalue weighted by Crippen LogP contribution is 2.31. The molecule has 1 fully saturated rings. The Balaban J connectivity index is 1.24. The standard InChI is InChI=1S/C22H23N3O4/c26-21(10-16-13-29-20-9-15-3-1-2-14(15)8-19(16)20)24-6-4-18(5-7-24)25-12-17(11-23-25)22(27)28/h8-9,11-13,18H,1-7,10H2,(H,27,28). The van der Waals surface area contributed by atoms with E-state index in [1.54, 1.807) is 17.1 Å². The summed E-state index contributed by atoms with van der Waals surface area (Å²) in [6.07, 6.45) is 9.96. The number of carboxylic acid groups (broad SMARTS) is 1. The Morgan fingerprint density at radius 1 is 1.17 bits per heavy atom. The molecule has 3 heterocycles. The second-order valence-electron chi connectivity index (χ2n) is 8.03. The van der Waals surface area contributed by atoms with Crippen LogP contribution in [-0.2, 0) is 24.1 Å². The Labute approximate surface area is 167 Å². The van der Waals surface area contributed by atoms with E-state index in [1.807, 2.05) is 4.90 Å². The fourth-order valence-electron chi connectivity index (χ4n) is 4.59. The molecule has 29 heavy (non-hydrogen) atoms. The lowest BCUT2D eigenvalue weighted by molar-refractivity contribution is -0.131. The van der Waals surface area contributed by atoms with Crippen molar-refractivity contribution in [2.75, 3.05) is 13.1 Å². The number of carbonyl (C=O) groups excluding carboxylic acids is 1. The van der Waals surface area contributed by atoms with Crippen LogP contribution in [0.15, 0.2) is 35.2 Å². The number of aryl methyl sites for hydroxylation is 2. The van der Waals surface area contributed by atoms with Crippen LogP contribution in [-0.4, -0.2) is 44.8 Å². The molecular weight excluding hydrogens is 370 g/mol. The summed E-state index contributed by atoms with van der Waals surface area (Å²) >= 11 is 0. The molecule has 7 heteroatoms. The van der Waals surface area contributed by atoms with Gasteiger partial charge in [0.25, 0.3) is 0 Å². The highest BCUT2D eigenvalue weighted by atomic mass is 16.4. The first-order valence-electron chi connectivity index (χ1n) is 10.2. The molecular formula is C22H23N3O4. The molecule has 0 radical (unpaired) electrons. The van der Waals surface area contributed by atoms with Crippen LogP contribution in [0.3, 0.4) is 0 Å². The molecule has 1 amide bonds. The molecule has 150 valence electrons. The largest absolute Gasteiger partial charge is 0.478 e. The summed E-state index contributed by atoms with van der Waals surface area (Å²) in [7, 11) is 0. The van der Waals surface area contributed by atoms with E-state index in [9.17, 15) is 9.59 Å². The van der Waals surface area contributed by atoms with E-state index >= 15 is 0 Å². The van der Waals surface area contributed by atoms with Crippen LogP contribution >= 0.6 is 0 Å². The summed E-state index contributed by atoms with van der Waals surface area (Å²) in [4.78, 5) is 25.8. The van der Waals surface area contributed by atoms with E-state index in [-0.39, 0.29) is 17.5 Å². The van der Waals surface area contributed by atoms with Crippen LogP contribution in [0.4, 0.5) is 0 Å².